The topological polar surface area (TPSA) is 69.9 Å². The lowest BCUT2D eigenvalue weighted by Crippen LogP contribution is -2.50. The summed E-state index contributed by atoms with van der Waals surface area (Å²) in [6.07, 6.45) is 6.31. The smallest absolute Gasteiger partial charge is 0.225 e. The molecule has 140 valence electrons. The summed E-state index contributed by atoms with van der Waals surface area (Å²) in [5.41, 5.74) is 0. The van der Waals surface area contributed by atoms with Crippen molar-refractivity contribution >= 4 is 11.9 Å². The normalized spacial score (nSPS) is 16.3. The van der Waals surface area contributed by atoms with E-state index < -0.39 is 0 Å². The Morgan fingerprint density at radius 1 is 1.36 bits per heavy atom. The van der Waals surface area contributed by atoms with E-state index in [9.17, 15) is 4.79 Å². The van der Waals surface area contributed by atoms with E-state index in [2.05, 4.69) is 29.5 Å². The minimum absolute atomic E-state index is 0.181. The van der Waals surface area contributed by atoms with Gasteiger partial charge in [-0.1, -0.05) is 13.8 Å². The van der Waals surface area contributed by atoms with E-state index in [1.165, 1.54) is 0 Å². The molecule has 0 radical (unpaired) electrons. The Bertz CT molecular complexity index is 530. The van der Waals surface area contributed by atoms with Gasteiger partial charge in [0.25, 0.3) is 0 Å². The van der Waals surface area contributed by atoms with Gasteiger partial charge in [-0.15, -0.1) is 0 Å². The molecule has 25 heavy (non-hydrogen) atoms. The molecule has 0 aromatic carbocycles. The molecule has 1 saturated heterocycles. The number of nitrogens with zero attached hydrogens (tertiary/aromatic N) is 2. The lowest BCUT2D eigenvalue weighted by Gasteiger charge is -2.34. The average molecular weight is 348 g/mol. The van der Waals surface area contributed by atoms with Crippen molar-refractivity contribution in [3.05, 3.63) is 24.2 Å². The number of hydrogen-bond donors (Lipinski definition) is 2. The van der Waals surface area contributed by atoms with E-state index in [-0.39, 0.29) is 5.92 Å². The molecule has 1 aromatic heterocycles. The molecule has 1 aliphatic rings. The van der Waals surface area contributed by atoms with Gasteiger partial charge in [0.15, 0.2) is 5.96 Å². The van der Waals surface area contributed by atoms with Gasteiger partial charge in [0, 0.05) is 45.1 Å². The molecule has 2 heterocycles. The molecule has 0 bridgehead atoms. The van der Waals surface area contributed by atoms with Gasteiger partial charge in [-0.2, -0.15) is 0 Å². The first-order valence-corrected chi connectivity index (χ1v) is 9.46. The highest BCUT2D eigenvalue weighted by Crippen LogP contribution is 2.17. The summed E-state index contributed by atoms with van der Waals surface area (Å²) in [4.78, 5) is 18.8. The number of guanidine groups is 1. The van der Waals surface area contributed by atoms with Gasteiger partial charge in [0.1, 0.15) is 5.76 Å². The SMILES string of the molecule is CCC(CC)C(=O)N1CCC(NC(=NC)NCCc2ccco2)CC1. The molecule has 0 saturated carbocycles. The molecule has 2 N–H and O–H groups in total. The number of furan rings is 1. The first-order chi connectivity index (χ1) is 12.2. The van der Waals surface area contributed by atoms with Crippen molar-refractivity contribution in [2.75, 3.05) is 26.7 Å². The number of nitrogens with one attached hydrogen (secondary N) is 2. The summed E-state index contributed by atoms with van der Waals surface area (Å²) in [5, 5.41) is 6.80. The Balaban J connectivity index is 1.71. The second kappa shape index (κ2) is 10.1. The fourth-order valence-electron chi connectivity index (χ4n) is 3.29. The number of likely N-dealkylation sites (tertiary alicyclic amines) is 1. The molecule has 6 nitrogen and oxygen atoms in total. The van der Waals surface area contributed by atoms with E-state index in [0.29, 0.717) is 11.9 Å². The number of rotatable bonds is 7. The molecule has 0 atom stereocenters. The van der Waals surface area contributed by atoms with Crippen LogP contribution in [0.3, 0.4) is 0 Å². The molecule has 2 rings (SSSR count). The summed E-state index contributed by atoms with van der Waals surface area (Å²) in [5.74, 6) is 2.29. The summed E-state index contributed by atoms with van der Waals surface area (Å²) >= 11 is 0. The second-order valence-corrected chi connectivity index (χ2v) is 6.59. The first-order valence-electron chi connectivity index (χ1n) is 9.46. The van der Waals surface area contributed by atoms with Crippen LogP contribution in [0.25, 0.3) is 0 Å². The van der Waals surface area contributed by atoms with Crippen molar-refractivity contribution in [1.82, 2.24) is 15.5 Å². The first kappa shape index (κ1) is 19.3. The quantitative estimate of drug-likeness (QED) is 0.586. The van der Waals surface area contributed by atoms with Gasteiger partial charge >= 0.3 is 0 Å². The van der Waals surface area contributed by atoms with Crippen molar-refractivity contribution in [3.8, 4) is 0 Å². The number of carbonyl (C=O) groups excluding carboxylic acids is 1. The predicted octanol–water partition coefficient (Wildman–Crippen LogP) is 2.41. The zero-order valence-electron chi connectivity index (χ0n) is 15.8. The lowest BCUT2D eigenvalue weighted by atomic mass is 9.98. The van der Waals surface area contributed by atoms with E-state index >= 15 is 0 Å². The minimum Gasteiger partial charge on any atom is -0.469 e. The third-order valence-electron chi connectivity index (χ3n) is 4.95. The van der Waals surface area contributed by atoms with Gasteiger partial charge in [-0.25, -0.2) is 0 Å². The van der Waals surface area contributed by atoms with Crippen LogP contribution in [0, 0.1) is 5.92 Å². The van der Waals surface area contributed by atoms with Gasteiger partial charge in [0.2, 0.25) is 5.91 Å². The van der Waals surface area contributed by atoms with Gasteiger partial charge < -0.3 is 20.0 Å². The highest BCUT2D eigenvalue weighted by atomic mass is 16.3. The molecule has 0 spiro atoms. The molecular formula is C19H32N4O2. The number of aliphatic imine (C=N–C) groups is 1. The van der Waals surface area contributed by atoms with Crippen LogP contribution in [0.1, 0.15) is 45.3 Å². The Morgan fingerprint density at radius 3 is 2.64 bits per heavy atom. The number of hydrogen-bond acceptors (Lipinski definition) is 3. The number of piperidine rings is 1. The molecule has 0 unspecified atom stereocenters. The molecule has 1 fully saturated rings. The van der Waals surface area contributed by atoms with Crippen LogP contribution in [-0.4, -0.2) is 49.5 Å². The third-order valence-corrected chi connectivity index (χ3v) is 4.95. The highest BCUT2D eigenvalue weighted by molar-refractivity contribution is 5.80. The average Bonchev–Trinajstić information content (AvgIpc) is 3.15. The number of carbonyl (C=O) groups is 1. The predicted molar refractivity (Wildman–Crippen MR) is 101 cm³/mol. The second-order valence-electron chi connectivity index (χ2n) is 6.59. The standard InChI is InChI=1S/C19H32N4O2/c1-4-15(5-2)18(24)23-12-9-16(10-13-23)22-19(20-3)21-11-8-17-7-6-14-25-17/h6-7,14-16H,4-5,8-13H2,1-3H3,(H2,20,21,22). The van der Waals surface area contributed by atoms with E-state index in [4.69, 9.17) is 4.42 Å². The summed E-state index contributed by atoms with van der Waals surface area (Å²) in [6.45, 7) is 6.63. The van der Waals surface area contributed by atoms with Crippen LogP contribution in [0.2, 0.25) is 0 Å². The van der Waals surface area contributed by atoms with Gasteiger partial charge in [0.05, 0.1) is 6.26 Å². The molecule has 1 amide bonds. The van der Waals surface area contributed by atoms with Crippen molar-refractivity contribution in [1.29, 1.82) is 0 Å². The Labute approximate surface area is 151 Å². The molecule has 1 aliphatic heterocycles. The lowest BCUT2D eigenvalue weighted by molar-refractivity contribution is -0.136. The molecular weight excluding hydrogens is 316 g/mol. The van der Waals surface area contributed by atoms with Crippen LogP contribution in [0.5, 0.6) is 0 Å². The fourth-order valence-corrected chi connectivity index (χ4v) is 3.29. The maximum absolute atomic E-state index is 12.5. The van der Waals surface area contributed by atoms with Crippen molar-refractivity contribution in [2.45, 2.75) is 52.0 Å². The minimum atomic E-state index is 0.181. The van der Waals surface area contributed by atoms with Crippen molar-refractivity contribution in [3.63, 3.8) is 0 Å². The van der Waals surface area contributed by atoms with E-state index in [1.807, 2.05) is 17.0 Å². The monoisotopic (exact) mass is 348 g/mol. The Hall–Kier alpha value is -1.98. The van der Waals surface area contributed by atoms with Crippen LogP contribution < -0.4 is 10.6 Å². The molecule has 1 aromatic rings. The highest BCUT2D eigenvalue weighted by Gasteiger charge is 2.26. The summed E-state index contributed by atoms with van der Waals surface area (Å²) in [7, 11) is 1.79. The summed E-state index contributed by atoms with van der Waals surface area (Å²) in [6, 6.07) is 4.24. The van der Waals surface area contributed by atoms with Crippen molar-refractivity contribution in [2.24, 2.45) is 10.9 Å². The van der Waals surface area contributed by atoms with Crippen molar-refractivity contribution < 1.29 is 9.21 Å². The largest absolute Gasteiger partial charge is 0.469 e. The fraction of sp³-hybridized carbons (Fsp3) is 0.684. The van der Waals surface area contributed by atoms with Crippen LogP contribution in [0.4, 0.5) is 0 Å². The van der Waals surface area contributed by atoms with E-state index in [1.54, 1.807) is 13.3 Å². The zero-order valence-corrected chi connectivity index (χ0v) is 15.8. The van der Waals surface area contributed by atoms with E-state index in [0.717, 1.165) is 63.5 Å². The summed E-state index contributed by atoms with van der Waals surface area (Å²) < 4.78 is 5.33. The van der Waals surface area contributed by atoms with Crippen LogP contribution >= 0.6 is 0 Å². The van der Waals surface area contributed by atoms with Crippen LogP contribution in [-0.2, 0) is 11.2 Å². The molecule has 0 aliphatic carbocycles. The third kappa shape index (κ3) is 5.80. The zero-order chi connectivity index (χ0) is 18.1. The van der Waals surface area contributed by atoms with Gasteiger partial charge in [-0.05, 0) is 37.8 Å². The Morgan fingerprint density at radius 2 is 2.08 bits per heavy atom. The van der Waals surface area contributed by atoms with Gasteiger partial charge in [-0.3, -0.25) is 9.79 Å². The molecule has 6 heteroatoms. The maximum Gasteiger partial charge on any atom is 0.225 e. The van der Waals surface area contributed by atoms with Crippen LogP contribution in [0.15, 0.2) is 27.8 Å². The number of amides is 1. The Kier molecular flexibility index (Phi) is 7.82. The maximum atomic E-state index is 12.5.